The van der Waals surface area contributed by atoms with Gasteiger partial charge in [-0.2, -0.15) is 10.1 Å². The number of ether oxygens (including phenoxy) is 2. The summed E-state index contributed by atoms with van der Waals surface area (Å²) in [5, 5.41) is 10.6. The van der Waals surface area contributed by atoms with Gasteiger partial charge in [0.25, 0.3) is 5.91 Å². The zero-order valence-electron chi connectivity index (χ0n) is 18.7. The van der Waals surface area contributed by atoms with E-state index < -0.39 is 6.04 Å². The molecule has 1 aliphatic heterocycles. The topological polar surface area (TPSA) is 90.3 Å². The number of nitrogens with zero attached hydrogens (tertiary/aromatic N) is 3. The van der Waals surface area contributed by atoms with E-state index in [4.69, 9.17) is 9.47 Å². The van der Waals surface area contributed by atoms with Crippen LogP contribution in [0.15, 0.2) is 60.1 Å². The Bertz CT molecular complexity index is 1170. The number of aryl methyl sites for hydroxylation is 1. The van der Waals surface area contributed by atoms with Crippen LogP contribution in [0.5, 0.6) is 11.5 Å². The summed E-state index contributed by atoms with van der Waals surface area (Å²) in [5.74, 6) is 1.66. The molecule has 1 aliphatic rings. The van der Waals surface area contributed by atoms with Crippen molar-refractivity contribution in [3.05, 3.63) is 71.2 Å². The molecule has 0 aliphatic carbocycles. The normalized spacial score (nSPS) is 15.1. The second kappa shape index (κ2) is 9.13. The minimum Gasteiger partial charge on any atom is -0.490 e. The molecule has 8 nitrogen and oxygen atoms in total. The third-order valence-corrected chi connectivity index (χ3v) is 5.20. The van der Waals surface area contributed by atoms with Crippen LogP contribution in [0, 0.1) is 6.92 Å². The number of hydrogen-bond acceptors (Lipinski definition) is 6. The average Bonchev–Trinajstić information content (AvgIpc) is 3.22. The number of benzene rings is 2. The predicted molar refractivity (Wildman–Crippen MR) is 123 cm³/mol. The number of allylic oxidation sites excluding steroid dienone is 1. The van der Waals surface area contributed by atoms with Gasteiger partial charge in [-0.25, -0.2) is 4.68 Å². The zero-order chi connectivity index (χ0) is 22.7. The van der Waals surface area contributed by atoms with E-state index in [0.29, 0.717) is 41.9 Å². The molecule has 1 aromatic heterocycles. The van der Waals surface area contributed by atoms with Crippen molar-refractivity contribution in [2.75, 3.05) is 23.8 Å². The van der Waals surface area contributed by atoms with Crippen molar-refractivity contribution in [2.24, 2.45) is 0 Å². The van der Waals surface area contributed by atoms with Gasteiger partial charge in [0.2, 0.25) is 5.95 Å². The molecule has 1 atom stereocenters. The molecule has 1 unspecified atom stereocenters. The summed E-state index contributed by atoms with van der Waals surface area (Å²) >= 11 is 0. The summed E-state index contributed by atoms with van der Waals surface area (Å²) in [4.78, 5) is 17.8. The Hall–Kier alpha value is -3.81. The van der Waals surface area contributed by atoms with Gasteiger partial charge in [-0.1, -0.05) is 18.2 Å². The van der Waals surface area contributed by atoms with Crippen molar-refractivity contribution < 1.29 is 14.3 Å². The van der Waals surface area contributed by atoms with Crippen molar-refractivity contribution in [3.8, 4) is 11.5 Å². The van der Waals surface area contributed by atoms with Crippen LogP contribution in [0.1, 0.15) is 37.9 Å². The molecule has 0 fully saturated rings. The Morgan fingerprint density at radius 1 is 1.09 bits per heavy atom. The molecular formula is C24H27N5O3. The van der Waals surface area contributed by atoms with Gasteiger partial charge in [-0.3, -0.25) is 4.79 Å². The fourth-order valence-corrected chi connectivity index (χ4v) is 3.85. The first-order valence-corrected chi connectivity index (χ1v) is 10.7. The van der Waals surface area contributed by atoms with Crippen molar-refractivity contribution in [1.82, 2.24) is 14.8 Å². The number of hydrogen-bond donors (Lipinski definition) is 2. The third-order valence-electron chi connectivity index (χ3n) is 5.20. The Morgan fingerprint density at radius 3 is 2.62 bits per heavy atom. The lowest BCUT2D eigenvalue weighted by Gasteiger charge is -2.29. The van der Waals surface area contributed by atoms with Crippen molar-refractivity contribution in [2.45, 2.75) is 33.7 Å². The molecule has 166 valence electrons. The van der Waals surface area contributed by atoms with Crippen molar-refractivity contribution in [1.29, 1.82) is 0 Å². The zero-order valence-corrected chi connectivity index (χ0v) is 18.7. The molecule has 2 N–H and O–H groups in total. The van der Waals surface area contributed by atoms with Gasteiger partial charge in [-0.15, -0.1) is 0 Å². The Labute approximate surface area is 187 Å². The fraction of sp³-hybridized carbons (Fsp3) is 0.292. The van der Waals surface area contributed by atoms with Crippen LogP contribution in [0.2, 0.25) is 0 Å². The molecule has 2 aromatic carbocycles. The first kappa shape index (κ1) is 21.4. The predicted octanol–water partition coefficient (Wildman–Crippen LogP) is 4.31. The third kappa shape index (κ3) is 4.16. The lowest BCUT2D eigenvalue weighted by atomic mass is 9.94. The van der Waals surface area contributed by atoms with E-state index in [2.05, 4.69) is 20.7 Å². The van der Waals surface area contributed by atoms with E-state index in [1.165, 1.54) is 6.33 Å². The highest BCUT2D eigenvalue weighted by atomic mass is 16.5. The van der Waals surface area contributed by atoms with E-state index in [1.807, 2.05) is 70.2 Å². The second-order valence-electron chi connectivity index (χ2n) is 7.49. The molecule has 32 heavy (non-hydrogen) atoms. The fourth-order valence-electron chi connectivity index (χ4n) is 3.85. The molecule has 3 aromatic rings. The van der Waals surface area contributed by atoms with Crippen LogP contribution < -0.4 is 20.1 Å². The molecule has 0 saturated heterocycles. The number of aromatic nitrogens is 3. The summed E-state index contributed by atoms with van der Waals surface area (Å²) in [7, 11) is 0. The maximum atomic E-state index is 13.5. The second-order valence-corrected chi connectivity index (χ2v) is 7.49. The van der Waals surface area contributed by atoms with Crippen LogP contribution in [0.3, 0.4) is 0 Å². The first-order chi connectivity index (χ1) is 15.5. The molecule has 0 radical (unpaired) electrons. The number of amides is 1. The lowest BCUT2D eigenvalue weighted by Crippen LogP contribution is -2.31. The summed E-state index contributed by atoms with van der Waals surface area (Å²) < 4.78 is 13.2. The number of carbonyl (C=O) groups is 1. The quantitative estimate of drug-likeness (QED) is 0.577. The van der Waals surface area contributed by atoms with E-state index >= 15 is 0 Å². The summed E-state index contributed by atoms with van der Waals surface area (Å²) in [5.41, 5.74) is 3.92. The van der Waals surface area contributed by atoms with Crippen molar-refractivity contribution in [3.63, 3.8) is 0 Å². The van der Waals surface area contributed by atoms with E-state index in [-0.39, 0.29) is 5.91 Å². The standard InChI is InChI=1S/C24H27N5O3/c1-5-31-19-11-10-17(13-20(19)32-6-2)22-21(16(4)27-24-25-14-26-29(22)24)23(30)28-18-9-7-8-15(3)12-18/h7-14,22H,5-6H2,1-4H3,(H,28,30)(H,25,26,27). The van der Waals surface area contributed by atoms with Crippen LogP contribution in [0.4, 0.5) is 11.6 Å². The van der Waals surface area contributed by atoms with Gasteiger partial charge in [0.1, 0.15) is 12.4 Å². The average molecular weight is 434 g/mol. The Kier molecular flexibility index (Phi) is 6.11. The Morgan fingerprint density at radius 2 is 1.88 bits per heavy atom. The first-order valence-electron chi connectivity index (χ1n) is 10.7. The highest BCUT2D eigenvalue weighted by Gasteiger charge is 2.34. The van der Waals surface area contributed by atoms with E-state index in [9.17, 15) is 4.79 Å². The van der Waals surface area contributed by atoms with Gasteiger partial charge >= 0.3 is 0 Å². The van der Waals surface area contributed by atoms with Crippen LogP contribution in [-0.2, 0) is 4.79 Å². The highest BCUT2D eigenvalue weighted by Crippen LogP contribution is 2.39. The molecule has 0 spiro atoms. The number of anilines is 2. The molecule has 0 saturated carbocycles. The van der Waals surface area contributed by atoms with E-state index in [0.717, 1.165) is 16.8 Å². The SMILES string of the molecule is CCOc1ccc(C2C(C(=O)Nc3cccc(C)c3)=C(C)Nc3ncnn32)cc1OCC. The van der Waals surface area contributed by atoms with Crippen LogP contribution in [-0.4, -0.2) is 33.9 Å². The van der Waals surface area contributed by atoms with Crippen LogP contribution >= 0.6 is 0 Å². The molecule has 2 heterocycles. The highest BCUT2D eigenvalue weighted by molar-refractivity contribution is 6.06. The Balaban J connectivity index is 1.77. The minimum absolute atomic E-state index is 0.210. The number of fused-ring (bicyclic) bond motifs is 1. The maximum Gasteiger partial charge on any atom is 0.255 e. The summed E-state index contributed by atoms with van der Waals surface area (Å²) in [6.07, 6.45) is 1.47. The van der Waals surface area contributed by atoms with Crippen LogP contribution in [0.25, 0.3) is 0 Å². The molecule has 1 amide bonds. The minimum atomic E-state index is -0.478. The number of nitrogens with one attached hydrogen (secondary N) is 2. The van der Waals surface area contributed by atoms with E-state index in [1.54, 1.807) is 4.68 Å². The van der Waals surface area contributed by atoms with Gasteiger partial charge < -0.3 is 20.1 Å². The molecular weight excluding hydrogens is 406 g/mol. The van der Waals surface area contributed by atoms with Gasteiger partial charge in [0.15, 0.2) is 11.5 Å². The van der Waals surface area contributed by atoms with Gasteiger partial charge in [-0.05, 0) is 63.1 Å². The van der Waals surface area contributed by atoms with Gasteiger partial charge in [0.05, 0.1) is 18.8 Å². The monoisotopic (exact) mass is 433 g/mol. The largest absolute Gasteiger partial charge is 0.490 e. The smallest absolute Gasteiger partial charge is 0.255 e. The maximum absolute atomic E-state index is 13.5. The van der Waals surface area contributed by atoms with Crippen molar-refractivity contribution >= 4 is 17.5 Å². The molecule has 0 bridgehead atoms. The number of rotatable bonds is 7. The summed E-state index contributed by atoms with van der Waals surface area (Å²) in [6, 6.07) is 12.9. The number of carbonyl (C=O) groups excluding carboxylic acids is 1. The lowest BCUT2D eigenvalue weighted by molar-refractivity contribution is -0.113. The molecule has 8 heteroatoms. The van der Waals surface area contributed by atoms with Gasteiger partial charge in [0, 0.05) is 11.4 Å². The summed E-state index contributed by atoms with van der Waals surface area (Å²) in [6.45, 7) is 8.74. The molecule has 4 rings (SSSR count).